The van der Waals surface area contributed by atoms with Crippen LogP contribution in [0.1, 0.15) is 27.4 Å². The van der Waals surface area contributed by atoms with E-state index in [1.807, 2.05) is 0 Å². The van der Waals surface area contributed by atoms with Crippen LogP contribution in [0.5, 0.6) is 0 Å². The Labute approximate surface area is 226 Å². The van der Waals surface area contributed by atoms with Crippen molar-refractivity contribution in [3.05, 3.63) is 92.2 Å². The van der Waals surface area contributed by atoms with Crippen LogP contribution < -0.4 is 10.2 Å². The molecule has 1 aliphatic carbocycles. The average Bonchev–Trinajstić information content (AvgIpc) is 3.40. The molecule has 0 unspecified atom stereocenters. The van der Waals surface area contributed by atoms with E-state index in [4.69, 9.17) is 58.0 Å². The highest BCUT2D eigenvalue weighted by Crippen LogP contribution is 2.65. The van der Waals surface area contributed by atoms with E-state index in [1.54, 1.807) is 32.2 Å². The summed E-state index contributed by atoms with van der Waals surface area (Å²) in [5.74, 6) is -2.56. The van der Waals surface area contributed by atoms with Crippen LogP contribution in [-0.4, -0.2) is 23.2 Å². The summed E-state index contributed by atoms with van der Waals surface area (Å²) in [6.07, 6.45) is 0. The van der Waals surface area contributed by atoms with Crippen LogP contribution in [0, 0.1) is 18.7 Å². The lowest BCUT2D eigenvalue weighted by molar-refractivity contribution is -0.117. The molecule has 2 amide bonds. The number of carbonyl (C=O) groups excluding carboxylic acids is 2. The molecule has 2 atom stereocenters. The summed E-state index contributed by atoms with van der Waals surface area (Å²) in [7, 11) is 1.54. The van der Waals surface area contributed by atoms with Gasteiger partial charge >= 0.3 is 0 Å². The number of halogens is 6. The van der Waals surface area contributed by atoms with Crippen molar-refractivity contribution in [1.82, 2.24) is 0 Å². The number of rotatable bonds is 5. The van der Waals surface area contributed by atoms with Gasteiger partial charge in [0.2, 0.25) is 5.91 Å². The van der Waals surface area contributed by atoms with Crippen LogP contribution in [0.15, 0.2) is 54.6 Å². The lowest BCUT2D eigenvalue weighted by Gasteiger charge is -2.18. The van der Waals surface area contributed by atoms with E-state index in [9.17, 15) is 14.0 Å². The fourth-order valence-corrected chi connectivity index (χ4v) is 5.39. The maximum Gasteiger partial charge on any atom is 0.259 e. The zero-order valence-electron chi connectivity index (χ0n) is 18.4. The third kappa shape index (κ3) is 5.11. The van der Waals surface area contributed by atoms with Crippen molar-refractivity contribution in [3.8, 4) is 0 Å². The van der Waals surface area contributed by atoms with Crippen molar-refractivity contribution in [2.24, 2.45) is 5.92 Å². The van der Waals surface area contributed by atoms with Crippen molar-refractivity contribution in [3.63, 3.8) is 0 Å². The fraction of sp³-hybridized carbons (Fsp3) is 0.200. The van der Waals surface area contributed by atoms with Gasteiger partial charge < -0.3 is 10.2 Å². The highest BCUT2D eigenvalue weighted by molar-refractivity contribution is 6.53. The molecule has 10 heteroatoms. The van der Waals surface area contributed by atoms with E-state index in [-0.39, 0.29) is 10.6 Å². The molecule has 0 spiro atoms. The molecule has 4 rings (SSSR count). The first kappa shape index (κ1) is 26.1. The molecule has 3 aromatic carbocycles. The predicted molar refractivity (Wildman–Crippen MR) is 141 cm³/mol. The van der Waals surface area contributed by atoms with Gasteiger partial charge in [0.1, 0.15) is 10.2 Å². The van der Waals surface area contributed by atoms with Crippen LogP contribution in [0.3, 0.4) is 0 Å². The van der Waals surface area contributed by atoms with Gasteiger partial charge in [0.25, 0.3) is 5.91 Å². The summed E-state index contributed by atoms with van der Waals surface area (Å²) in [6.45, 7) is 1.78. The van der Waals surface area contributed by atoms with Crippen molar-refractivity contribution in [2.75, 3.05) is 17.3 Å². The minimum atomic E-state index is -1.35. The summed E-state index contributed by atoms with van der Waals surface area (Å²) < 4.78 is 11.9. The summed E-state index contributed by atoms with van der Waals surface area (Å²) in [4.78, 5) is 27.4. The lowest BCUT2D eigenvalue weighted by Crippen LogP contribution is -2.26. The molecule has 182 valence electrons. The zero-order chi connectivity index (χ0) is 25.7. The molecule has 35 heavy (non-hydrogen) atoms. The topological polar surface area (TPSA) is 49.4 Å². The maximum absolute atomic E-state index is 13.2. The molecular formula is C25H18Cl5FN2O2. The van der Waals surface area contributed by atoms with Gasteiger partial charge in [0.05, 0.1) is 16.5 Å². The van der Waals surface area contributed by atoms with Crippen molar-refractivity contribution in [1.29, 1.82) is 0 Å². The van der Waals surface area contributed by atoms with Crippen molar-refractivity contribution < 1.29 is 14.0 Å². The molecule has 0 heterocycles. The Balaban J connectivity index is 1.54. The van der Waals surface area contributed by atoms with Gasteiger partial charge in [-0.05, 0) is 72.6 Å². The molecule has 0 saturated heterocycles. The van der Waals surface area contributed by atoms with Crippen molar-refractivity contribution in [2.45, 2.75) is 17.2 Å². The summed E-state index contributed by atoms with van der Waals surface area (Å²) >= 11 is 31.6. The highest BCUT2D eigenvalue weighted by Gasteiger charge is 2.67. The standard InChI is InChI=1S/C25H18Cl5FN2O2/c1-12-19(27)9-13(10-20(12)28)21-22(25(21,29)30)23(34)32-15-5-8-18(26)17(11-15)24(35)33(2)16-6-3-14(31)4-7-16/h3-11,21-22H,1-2H3,(H,32,34)/t21-,22+/m0/s1. The second-order valence-corrected chi connectivity index (χ2v) is 10.9. The maximum atomic E-state index is 13.2. The quantitative estimate of drug-likeness (QED) is 0.315. The number of anilines is 2. The van der Waals surface area contributed by atoms with Gasteiger partial charge in [-0.25, -0.2) is 4.39 Å². The van der Waals surface area contributed by atoms with E-state index in [2.05, 4.69) is 5.32 Å². The monoisotopic (exact) mass is 572 g/mol. The van der Waals surface area contributed by atoms with Gasteiger partial charge in [-0.2, -0.15) is 0 Å². The van der Waals surface area contributed by atoms with E-state index in [0.717, 1.165) is 5.56 Å². The number of alkyl halides is 2. The molecule has 1 aliphatic rings. The molecule has 3 aromatic rings. The van der Waals surface area contributed by atoms with Gasteiger partial charge in [-0.15, -0.1) is 23.2 Å². The van der Waals surface area contributed by atoms with Crippen LogP contribution in [0.2, 0.25) is 15.1 Å². The molecular weight excluding hydrogens is 557 g/mol. The number of nitrogens with zero attached hydrogens (tertiary/aromatic N) is 1. The second kappa shape index (κ2) is 9.79. The van der Waals surface area contributed by atoms with Crippen LogP contribution in [0.25, 0.3) is 0 Å². The Morgan fingerprint density at radius 2 is 1.54 bits per heavy atom. The Morgan fingerprint density at radius 3 is 2.14 bits per heavy atom. The number of amides is 2. The molecule has 0 radical (unpaired) electrons. The van der Waals surface area contributed by atoms with Gasteiger partial charge in [-0.3, -0.25) is 9.59 Å². The number of benzene rings is 3. The third-order valence-electron chi connectivity index (χ3n) is 5.98. The van der Waals surface area contributed by atoms with Gasteiger partial charge in [-0.1, -0.05) is 34.8 Å². The van der Waals surface area contributed by atoms with Gasteiger partial charge in [0, 0.05) is 34.4 Å². The van der Waals surface area contributed by atoms with Crippen LogP contribution >= 0.6 is 58.0 Å². The molecule has 1 saturated carbocycles. The molecule has 0 aromatic heterocycles. The number of hydrogen-bond acceptors (Lipinski definition) is 2. The molecule has 4 nitrogen and oxygen atoms in total. The number of carbonyl (C=O) groups is 2. The lowest BCUT2D eigenvalue weighted by atomic mass is 10.1. The minimum absolute atomic E-state index is 0.156. The van der Waals surface area contributed by atoms with Crippen LogP contribution in [0.4, 0.5) is 15.8 Å². The molecule has 0 bridgehead atoms. The fourth-order valence-electron chi connectivity index (χ4n) is 3.86. The zero-order valence-corrected chi connectivity index (χ0v) is 22.2. The SMILES string of the molecule is Cc1c(Cl)cc([C@H]2[C@H](C(=O)Nc3ccc(Cl)c(C(=O)N(C)c4ccc(F)cc4)c3)C2(Cl)Cl)cc1Cl. The third-order valence-corrected chi connectivity index (χ3v) is 8.04. The Morgan fingerprint density at radius 1 is 0.943 bits per heavy atom. The number of nitrogens with one attached hydrogen (secondary N) is 1. The Bertz CT molecular complexity index is 1310. The van der Waals surface area contributed by atoms with Crippen LogP contribution in [-0.2, 0) is 4.79 Å². The summed E-state index contributed by atoms with van der Waals surface area (Å²) in [5.41, 5.74) is 2.35. The van der Waals surface area contributed by atoms with E-state index >= 15 is 0 Å². The highest BCUT2D eigenvalue weighted by atomic mass is 35.5. The molecule has 0 aliphatic heterocycles. The largest absolute Gasteiger partial charge is 0.326 e. The predicted octanol–water partition coefficient (Wildman–Crippen LogP) is 7.90. The number of hydrogen-bond donors (Lipinski definition) is 1. The first-order chi connectivity index (χ1) is 16.4. The summed E-state index contributed by atoms with van der Waals surface area (Å²) in [6, 6.07) is 13.4. The van der Waals surface area contributed by atoms with E-state index in [0.29, 0.717) is 27.0 Å². The Kier molecular flexibility index (Phi) is 7.29. The Hall–Kier alpha value is -2.02. The molecule has 1 fully saturated rings. The molecule has 1 N–H and O–H groups in total. The first-order valence-electron chi connectivity index (χ1n) is 10.4. The first-order valence-corrected chi connectivity index (χ1v) is 12.3. The smallest absolute Gasteiger partial charge is 0.259 e. The average molecular weight is 575 g/mol. The minimum Gasteiger partial charge on any atom is -0.326 e. The second-order valence-electron chi connectivity index (χ2n) is 8.26. The van der Waals surface area contributed by atoms with Gasteiger partial charge in [0.15, 0.2) is 0 Å². The van der Waals surface area contributed by atoms with E-state index < -0.39 is 33.8 Å². The van der Waals surface area contributed by atoms with Crippen molar-refractivity contribution >= 4 is 81.2 Å². The normalized spacial score (nSPS) is 18.2. The summed E-state index contributed by atoms with van der Waals surface area (Å²) in [5, 5.41) is 3.85. The van der Waals surface area contributed by atoms with E-state index in [1.165, 1.54) is 41.3 Å².